The second kappa shape index (κ2) is 6.07. The number of hydrogen-bond acceptors (Lipinski definition) is 2. The standard InChI is InChI=1S/C14H15Cl2NS/c1-3-17-13(14-9(2)6-7-18-14)11-8-10(15)4-5-12(11)16/h4-8,13,17H,3H2,1-2H3. The van der Waals surface area contributed by atoms with E-state index in [0.29, 0.717) is 5.02 Å². The molecule has 0 aliphatic rings. The first-order chi connectivity index (χ1) is 8.63. The Bertz CT molecular complexity index is 536. The molecule has 0 amide bonds. The third-order valence-electron chi connectivity index (χ3n) is 2.84. The van der Waals surface area contributed by atoms with Crippen LogP contribution in [0.4, 0.5) is 0 Å². The number of thiophene rings is 1. The van der Waals surface area contributed by atoms with Gasteiger partial charge in [-0.1, -0.05) is 30.1 Å². The Balaban J connectivity index is 2.48. The molecule has 96 valence electrons. The lowest BCUT2D eigenvalue weighted by Gasteiger charge is -2.19. The van der Waals surface area contributed by atoms with E-state index in [1.165, 1.54) is 10.4 Å². The SMILES string of the molecule is CCNC(c1cc(Cl)ccc1Cl)c1sccc1C. The summed E-state index contributed by atoms with van der Waals surface area (Å²) in [6.07, 6.45) is 0. The molecule has 1 unspecified atom stereocenters. The first kappa shape index (κ1) is 13.9. The van der Waals surface area contributed by atoms with Gasteiger partial charge in [0.1, 0.15) is 0 Å². The van der Waals surface area contributed by atoms with Gasteiger partial charge in [0, 0.05) is 14.9 Å². The molecule has 0 saturated heterocycles. The zero-order valence-electron chi connectivity index (χ0n) is 10.3. The largest absolute Gasteiger partial charge is 0.306 e. The Kier molecular flexibility index (Phi) is 4.68. The predicted octanol–water partition coefficient (Wildman–Crippen LogP) is 5.06. The van der Waals surface area contributed by atoms with Crippen LogP contribution in [0.15, 0.2) is 29.6 Å². The molecule has 2 rings (SSSR count). The van der Waals surface area contributed by atoms with Crippen molar-refractivity contribution in [2.75, 3.05) is 6.54 Å². The minimum absolute atomic E-state index is 0.112. The van der Waals surface area contributed by atoms with E-state index < -0.39 is 0 Å². The van der Waals surface area contributed by atoms with Crippen molar-refractivity contribution >= 4 is 34.5 Å². The summed E-state index contributed by atoms with van der Waals surface area (Å²) < 4.78 is 0. The van der Waals surface area contributed by atoms with Gasteiger partial charge in [0.15, 0.2) is 0 Å². The van der Waals surface area contributed by atoms with Gasteiger partial charge in [-0.05, 0) is 54.2 Å². The molecule has 0 spiro atoms. The normalized spacial score (nSPS) is 12.7. The number of hydrogen-bond donors (Lipinski definition) is 1. The van der Waals surface area contributed by atoms with Crippen molar-refractivity contribution < 1.29 is 0 Å². The molecule has 0 aliphatic heterocycles. The topological polar surface area (TPSA) is 12.0 Å². The molecule has 0 fully saturated rings. The summed E-state index contributed by atoms with van der Waals surface area (Å²) in [5, 5.41) is 7.04. The van der Waals surface area contributed by atoms with Crippen molar-refractivity contribution in [2.45, 2.75) is 19.9 Å². The zero-order chi connectivity index (χ0) is 13.1. The van der Waals surface area contributed by atoms with Crippen LogP contribution in [-0.2, 0) is 0 Å². The quantitative estimate of drug-likeness (QED) is 0.832. The third kappa shape index (κ3) is 2.89. The summed E-state index contributed by atoms with van der Waals surface area (Å²) >= 11 is 14.1. The van der Waals surface area contributed by atoms with Crippen molar-refractivity contribution in [3.05, 3.63) is 55.7 Å². The van der Waals surface area contributed by atoms with Crippen LogP contribution in [0.2, 0.25) is 10.0 Å². The molecule has 1 aromatic carbocycles. The van der Waals surface area contributed by atoms with E-state index in [1.54, 1.807) is 11.3 Å². The Morgan fingerprint density at radius 1 is 1.28 bits per heavy atom. The average Bonchev–Trinajstić information content (AvgIpc) is 2.76. The lowest BCUT2D eigenvalue weighted by atomic mass is 10.0. The highest BCUT2D eigenvalue weighted by atomic mass is 35.5. The first-order valence-corrected chi connectivity index (χ1v) is 7.49. The molecule has 1 N–H and O–H groups in total. The summed E-state index contributed by atoms with van der Waals surface area (Å²) in [6, 6.07) is 7.85. The highest BCUT2D eigenvalue weighted by molar-refractivity contribution is 7.10. The second-order valence-corrected chi connectivity index (χ2v) is 5.92. The van der Waals surface area contributed by atoms with Crippen LogP contribution in [0.25, 0.3) is 0 Å². The van der Waals surface area contributed by atoms with E-state index in [2.05, 4.69) is 30.6 Å². The molecular formula is C14H15Cl2NS. The highest BCUT2D eigenvalue weighted by Crippen LogP contribution is 2.34. The fourth-order valence-electron chi connectivity index (χ4n) is 1.96. The van der Waals surface area contributed by atoms with Crippen LogP contribution in [0, 0.1) is 6.92 Å². The fourth-order valence-corrected chi connectivity index (χ4v) is 3.39. The molecule has 1 heterocycles. The van der Waals surface area contributed by atoms with Crippen LogP contribution in [0.1, 0.15) is 29.0 Å². The minimum atomic E-state index is 0.112. The van der Waals surface area contributed by atoms with Crippen LogP contribution >= 0.6 is 34.5 Å². The number of halogens is 2. The molecule has 0 saturated carbocycles. The van der Waals surface area contributed by atoms with Crippen LogP contribution in [0.3, 0.4) is 0 Å². The Labute approximate surface area is 122 Å². The average molecular weight is 300 g/mol. The lowest BCUT2D eigenvalue weighted by Crippen LogP contribution is -2.22. The maximum atomic E-state index is 6.30. The Hall–Kier alpha value is -0.540. The molecule has 2 aromatic rings. The summed E-state index contributed by atoms with van der Waals surface area (Å²) in [5.41, 5.74) is 2.32. The van der Waals surface area contributed by atoms with Crippen molar-refractivity contribution in [1.29, 1.82) is 0 Å². The monoisotopic (exact) mass is 299 g/mol. The summed E-state index contributed by atoms with van der Waals surface area (Å²) in [6.45, 7) is 5.09. The van der Waals surface area contributed by atoms with Crippen LogP contribution in [-0.4, -0.2) is 6.54 Å². The Morgan fingerprint density at radius 2 is 2.06 bits per heavy atom. The van der Waals surface area contributed by atoms with Gasteiger partial charge in [0.25, 0.3) is 0 Å². The number of nitrogens with one attached hydrogen (secondary N) is 1. The summed E-state index contributed by atoms with van der Waals surface area (Å²) in [5.74, 6) is 0. The van der Waals surface area contributed by atoms with Gasteiger partial charge in [0.05, 0.1) is 6.04 Å². The Morgan fingerprint density at radius 3 is 2.67 bits per heavy atom. The van der Waals surface area contributed by atoms with Gasteiger partial charge in [-0.15, -0.1) is 11.3 Å². The molecule has 1 aromatic heterocycles. The first-order valence-electron chi connectivity index (χ1n) is 5.85. The number of benzene rings is 1. The molecule has 18 heavy (non-hydrogen) atoms. The fraction of sp³-hybridized carbons (Fsp3) is 0.286. The minimum Gasteiger partial charge on any atom is -0.306 e. The number of aryl methyl sites for hydroxylation is 1. The predicted molar refractivity (Wildman–Crippen MR) is 81.0 cm³/mol. The maximum absolute atomic E-state index is 6.30. The van der Waals surface area contributed by atoms with Crippen molar-refractivity contribution in [3.8, 4) is 0 Å². The van der Waals surface area contributed by atoms with E-state index in [1.807, 2.05) is 18.2 Å². The van der Waals surface area contributed by atoms with Crippen molar-refractivity contribution in [2.24, 2.45) is 0 Å². The van der Waals surface area contributed by atoms with Crippen LogP contribution in [0.5, 0.6) is 0 Å². The van der Waals surface area contributed by atoms with Crippen LogP contribution < -0.4 is 5.32 Å². The maximum Gasteiger partial charge on any atom is 0.0688 e. The van der Waals surface area contributed by atoms with Gasteiger partial charge >= 0.3 is 0 Å². The van der Waals surface area contributed by atoms with Gasteiger partial charge in [0.2, 0.25) is 0 Å². The molecule has 0 bridgehead atoms. The van der Waals surface area contributed by atoms with Gasteiger partial charge in [-0.25, -0.2) is 0 Å². The number of rotatable bonds is 4. The smallest absolute Gasteiger partial charge is 0.0688 e. The second-order valence-electron chi connectivity index (χ2n) is 4.12. The van der Waals surface area contributed by atoms with E-state index in [4.69, 9.17) is 23.2 Å². The highest BCUT2D eigenvalue weighted by Gasteiger charge is 2.19. The molecule has 1 nitrogen and oxygen atoms in total. The third-order valence-corrected chi connectivity index (χ3v) is 4.50. The molecule has 0 aliphatic carbocycles. The van der Waals surface area contributed by atoms with Gasteiger partial charge in [-0.3, -0.25) is 0 Å². The molecule has 0 radical (unpaired) electrons. The van der Waals surface area contributed by atoms with E-state index >= 15 is 0 Å². The van der Waals surface area contributed by atoms with Gasteiger partial charge in [-0.2, -0.15) is 0 Å². The lowest BCUT2D eigenvalue weighted by molar-refractivity contribution is 0.637. The summed E-state index contributed by atoms with van der Waals surface area (Å²) in [7, 11) is 0. The molecular weight excluding hydrogens is 285 g/mol. The summed E-state index contributed by atoms with van der Waals surface area (Å²) in [4.78, 5) is 1.29. The molecule has 1 atom stereocenters. The van der Waals surface area contributed by atoms with E-state index in [9.17, 15) is 0 Å². The van der Waals surface area contributed by atoms with Crippen molar-refractivity contribution in [1.82, 2.24) is 5.32 Å². The van der Waals surface area contributed by atoms with Crippen molar-refractivity contribution in [3.63, 3.8) is 0 Å². The zero-order valence-corrected chi connectivity index (χ0v) is 12.7. The molecule has 4 heteroatoms. The van der Waals surface area contributed by atoms with Gasteiger partial charge < -0.3 is 5.32 Å². The van der Waals surface area contributed by atoms with E-state index in [-0.39, 0.29) is 6.04 Å². The van der Waals surface area contributed by atoms with E-state index in [0.717, 1.165) is 17.1 Å².